The van der Waals surface area contributed by atoms with Gasteiger partial charge in [-0.25, -0.2) is 15.0 Å². The molecular weight excluding hydrogens is 493 g/mol. The Bertz CT molecular complexity index is 634. The molecule has 1 aliphatic rings. The summed E-state index contributed by atoms with van der Waals surface area (Å²) in [6.07, 6.45) is 8.40. The largest absolute Gasteiger partial charge is 0.356 e. The second kappa shape index (κ2) is 14.4. The summed E-state index contributed by atoms with van der Waals surface area (Å²) in [6.45, 7) is 8.86. The van der Waals surface area contributed by atoms with E-state index in [4.69, 9.17) is 0 Å². The SMILES string of the molecule is CCCCC(CC)CNC(=NCC(=O)N(C)C)N1CCN(c2ncccn2)CC1.I. The van der Waals surface area contributed by atoms with Crippen molar-refractivity contribution in [1.29, 1.82) is 0 Å². The summed E-state index contributed by atoms with van der Waals surface area (Å²) in [7, 11) is 3.53. The molecule has 2 heterocycles. The molecule has 0 spiro atoms. The minimum absolute atomic E-state index is 0. The van der Waals surface area contributed by atoms with E-state index in [9.17, 15) is 4.79 Å². The number of guanidine groups is 1. The topological polar surface area (TPSA) is 77.0 Å². The van der Waals surface area contributed by atoms with E-state index in [1.807, 2.05) is 6.07 Å². The maximum Gasteiger partial charge on any atom is 0.243 e. The molecule has 8 nitrogen and oxygen atoms in total. The Morgan fingerprint density at radius 2 is 1.87 bits per heavy atom. The molecule has 30 heavy (non-hydrogen) atoms. The van der Waals surface area contributed by atoms with Crippen LogP contribution in [-0.4, -0.2) is 85.0 Å². The highest BCUT2D eigenvalue weighted by Crippen LogP contribution is 2.13. The zero-order valence-electron chi connectivity index (χ0n) is 18.9. The quantitative estimate of drug-likeness (QED) is 0.300. The van der Waals surface area contributed by atoms with Crippen LogP contribution in [0.1, 0.15) is 39.5 Å². The first-order valence-corrected chi connectivity index (χ1v) is 10.8. The van der Waals surface area contributed by atoms with Gasteiger partial charge < -0.3 is 20.0 Å². The van der Waals surface area contributed by atoms with Gasteiger partial charge in [0, 0.05) is 59.2 Å². The molecule has 1 aromatic rings. The number of piperazine rings is 1. The van der Waals surface area contributed by atoms with Crippen molar-refractivity contribution in [2.45, 2.75) is 39.5 Å². The Morgan fingerprint density at radius 3 is 2.43 bits per heavy atom. The molecule has 1 fully saturated rings. The highest BCUT2D eigenvalue weighted by molar-refractivity contribution is 14.0. The van der Waals surface area contributed by atoms with Crippen LogP contribution in [0.5, 0.6) is 0 Å². The number of halogens is 1. The molecule has 0 radical (unpaired) electrons. The number of hydrogen-bond donors (Lipinski definition) is 1. The van der Waals surface area contributed by atoms with Gasteiger partial charge in [-0.2, -0.15) is 0 Å². The van der Waals surface area contributed by atoms with Gasteiger partial charge in [0.2, 0.25) is 11.9 Å². The number of carbonyl (C=O) groups excluding carboxylic acids is 1. The maximum absolute atomic E-state index is 12.1. The van der Waals surface area contributed by atoms with E-state index in [1.165, 1.54) is 19.3 Å². The number of nitrogens with one attached hydrogen (secondary N) is 1. The Morgan fingerprint density at radius 1 is 1.20 bits per heavy atom. The monoisotopic (exact) mass is 531 g/mol. The highest BCUT2D eigenvalue weighted by Gasteiger charge is 2.22. The predicted molar refractivity (Wildman–Crippen MR) is 134 cm³/mol. The van der Waals surface area contributed by atoms with E-state index in [1.54, 1.807) is 31.4 Å². The lowest BCUT2D eigenvalue weighted by Crippen LogP contribution is -2.53. The van der Waals surface area contributed by atoms with Crippen LogP contribution in [0.25, 0.3) is 0 Å². The molecule has 1 amide bonds. The molecular formula is C21H38IN7O. The van der Waals surface area contributed by atoms with Crippen molar-refractivity contribution < 1.29 is 4.79 Å². The van der Waals surface area contributed by atoms with E-state index in [2.05, 4.69) is 43.9 Å². The molecule has 9 heteroatoms. The van der Waals surface area contributed by atoms with Gasteiger partial charge in [0.1, 0.15) is 6.54 Å². The van der Waals surface area contributed by atoms with Gasteiger partial charge in [-0.3, -0.25) is 4.79 Å². The van der Waals surface area contributed by atoms with Crippen molar-refractivity contribution in [3.63, 3.8) is 0 Å². The van der Waals surface area contributed by atoms with Crippen molar-refractivity contribution in [3.05, 3.63) is 18.5 Å². The second-order valence-electron chi connectivity index (χ2n) is 7.75. The molecule has 2 rings (SSSR count). The summed E-state index contributed by atoms with van der Waals surface area (Å²) in [6, 6.07) is 1.83. The number of aliphatic imine (C=N–C) groups is 1. The van der Waals surface area contributed by atoms with E-state index >= 15 is 0 Å². The zero-order chi connectivity index (χ0) is 21.1. The number of nitrogens with zero attached hydrogens (tertiary/aromatic N) is 6. The molecule has 1 atom stereocenters. The van der Waals surface area contributed by atoms with Crippen molar-refractivity contribution in [2.24, 2.45) is 10.9 Å². The third-order valence-corrected chi connectivity index (χ3v) is 5.37. The fraction of sp³-hybridized carbons (Fsp3) is 0.714. The Kier molecular flexibility index (Phi) is 12.6. The lowest BCUT2D eigenvalue weighted by molar-refractivity contribution is -0.127. The van der Waals surface area contributed by atoms with Crippen LogP contribution < -0.4 is 10.2 Å². The van der Waals surface area contributed by atoms with Gasteiger partial charge in [0.25, 0.3) is 0 Å². The normalized spacial score (nSPS) is 15.4. The van der Waals surface area contributed by atoms with E-state index < -0.39 is 0 Å². The summed E-state index contributed by atoms with van der Waals surface area (Å²) >= 11 is 0. The fourth-order valence-corrected chi connectivity index (χ4v) is 3.30. The van der Waals surface area contributed by atoms with Crippen LogP contribution in [0.15, 0.2) is 23.5 Å². The molecule has 0 bridgehead atoms. The lowest BCUT2D eigenvalue weighted by atomic mass is 9.99. The van der Waals surface area contributed by atoms with Crippen LogP contribution >= 0.6 is 24.0 Å². The number of carbonyl (C=O) groups is 1. The lowest BCUT2D eigenvalue weighted by Gasteiger charge is -2.37. The molecule has 1 unspecified atom stereocenters. The second-order valence-corrected chi connectivity index (χ2v) is 7.75. The number of likely N-dealkylation sites (N-methyl/N-ethyl adjacent to an activating group) is 1. The number of amides is 1. The molecule has 170 valence electrons. The molecule has 0 saturated carbocycles. The third-order valence-electron chi connectivity index (χ3n) is 5.37. The van der Waals surface area contributed by atoms with Gasteiger partial charge in [-0.15, -0.1) is 24.0 Å². The standard InChI is InChI=1S/C21H37N7O.HI/c1-5-7-9-18(6-2)16-24-21(25-17-19(29)26(3)4)28-14-12-27(13-15-28)20-22-10-8-11-23-20;/h8,10-11,18H,5-7,9,12-17H2,1-4H3,(H,24,25);1H. The molecule has 0 aromatic carbocycles. The van der Waals surface area contributed by atoms with Crippen LogP contribution in [-0.2, 0) is 4.79 Å². The number of aromatic nitrogens is 2. The van der Waals surface area contributed by atoms with E-state index in [-0.39, 0.29) is 36.4 Å². The number of unbranched alkanes of at least 4 members (excludes halogenated alkanes) is 1. The van der Waals surface area contributed by atoms with Gasteiger partial charge in [0.05, 0.1) is 0 Å². The van der Waals surface area contributed by atoms with Gasteiger partial charge in [-0.1, -0.05) is 33.1 Å². The first-order chi connectivity index (χ1) is 14.0. The first kappa shape index (κ1) is 26.4. The molecule has 1 saturated heterocycles. The number of rotatable bonds is 9. The van der Waals surface area contributed by atoms with Crippen LogP contribution in [0, 0.1) is 5.92 Å². The summed E-state index contributed by atoms with van der Waals surface area (Å²) in [5.74, 6) is 2.25. The van der Waals surface area contributed by atoms with Gasteiger partial charge in [-0.05, 0) is 18.4 Å². The Balaban J connectivity index is 0.00000450. The first-order valence-electron chi connectivity index (χ1n) is 10.8. The summed E-state index contributed by atoms with van der Waals surface area (Å²) in [5.41, 5.74) is 0. The smallest absolute Gasteiger partial charge is 0.243 e. The molecule has 0 aliphatic carbocycles. The number of hydrogen-bond acceptors (Lipinski definition) is 5. The summed E-state index contributed by atoms with van der Waals surface area (Å²) in [5, 5.41) is 3.55. The molecule has 1 aliphatic heterocycles. The summed E-state index contributed by atoms with van der Waals surface area (Å²) < 4.78 is 0. The zero-order valence-corrected chi connectivity index (χ0v) is 21.2. The third kappa shape index (κ3) is 8.61. The van der Waals surface area contributed by atoms with Gasteiger partial charge in [0.15, 0.2) is 5.96 Å². The molecule has 1 aromatic heterocycles. The predicted octanol–water partition coefficient (Wildman–Crippen LogP) is 2.47. The average Bonchev–Trinajstić information content (AvgIpc) is 2.76. The minimum atomic E-state index is 0. The maximum atomic E-state index is 12.1. The minimum Gasteiger partial charge on any atom is -0.356 e. The Labute approximate surface area is 198 Å². The van der Waals surface area contributed by atoms with E-state index in [0.29, 0.717) is 5.92 Å². The van der Waals surface area contributed by atoms with Crippen LogP contribution in [0.3, 0.4) is 0 Å². The van der Waals surface area contributed by atoms with Crippen molar-refractivity contribution in [3.8, 4) is 0 Å². The van der Waals surface area contributed by atoms with Crippen LogP contribution in [0.2, 0.25) is 0 Å². The fourth-order valence-electron chi connectivity index (χ4n) is 3.30. The highest BCUT2D eigenvalue weighted by atomic mass is 127. The van der Waals surface area contributed by atoms with E-state index in [0.717, 1.165) is 51.1 Å². The number of anilines is 1. The average molecular weight is 531 g/mol. The van der Waals surface area contributed by atoms with Crippen LogP contribution in [0.4, 0.5) is 5.95 Å². The van der Waals surface area contributed by atoms with Crippen molar-refractivity contribution >= 4 is 41.8 Å². The van der Waals surface area contributed by atoms with Crippen molar-refractivity contribution in [2.75, 3.05) is 58.3 Å². The van der Waals surface area contributed by atoms with Crippen molar-refractivity contribution in [1.82, 2.24) is 25.1 Å². The van der Waals surface area contributed by atoms with Gasteiger partial charge >= 0.3 is 0 Å². The Hall–Kier alpha value is -1.65. The summed E-state index contributed by atoms with van der Waals surface area (Å²) in [4.78, 5) is 31.4. The molecule has 1 N–H and O–H groups in total.